The molecule has 0 unspecified atom stereocenters. The fourth-order valence-corrected chi connectivity index (χ4v) is 4.03. The van der Waals surface area contributed by atoms with Gasteiger partial charge >= 0.3 is 0 Å². The maximum absolute atomic E-state index is 12.9. The third kappa shape index (κ3) is 7.68. The van der Waals surface area contributed by atoms with Crippen LogP contribution in [0.3, 0.4) is 0 Å². The summed E-state index contributed by atoms with van der Waals surface area (Å²) in [6, 6.07) is 5.92. The number of hydrogen-bond acceptors (Lipinski definition) is 5. The second-order valence-electron chi connectivity index (χ2n) is 7.74. The summed E-state index contributed by atoms with van der Waals surface area (Å²) in [7, 11) is 0. The van der Waals surface area contributed by atoms with Crippen molar-refractivity contribution in [2.75, 3.05) is 19.7 Å². The van der Waals surface area contributed by atoms with Crippen LogP contribution in [0.4, 0.5) is 0 Å². The van der Waals surface area contributed by atoms with Crippen LogP contribution in [-0.2, 0) is 20.9 Å². The van der Waals surface area contributed by atoms with Crippen LogP contribution < -0.4 is 5.73 Å². The molecule has 1 aromatic rings. The van der Waals surface area contributed by atoms with E-state index in [0.29, 0.717) is 6.61 Å². The van der Waals surface area contributed by atoms with Gasteiger partial charge in [0.25, 0.3) is 0 Å². The van der Waals surface area contributed by atoms with Gasteiger partial charge in [-0.25, -0.2) is 0 Å². The van der Waals surface area contributed by atoms with E-state index < -0.39 is 0 Å². The number of likely N-dealkylation sites (tertiary alicyclic amines) is 1. The monoisotopic (exact) mass is 447 g/mol. The summed E-state index contributed by atoms with van der Waals surface area (Å²) in [5, 5.41) is 0. The largest absolute Gasteiger partial charge is 0.377 e. The first-order valence-electron chi connectivity index (χ1n) is 10.3. The van der Waals surface area contributed by atoms with E-state index in [1.54, 1.807) is 6.20 Å². The predicted octanol–water partition coefficient (Wildman–Crippen LogP) is 3.36. The van der Waals surface area contributed by atoms with Crippen LogP contribution in [0.15, 0.2) is 24.4 Å². The number of hydrogen-bond donors (Lipinski definition) is 1. The van der Waals surface area contributed by atoms with Gasteiger partial charge in [-0.05, 0) is 50.7 Å². The summed E-state index contributed by atoms with van der Waals surface area (Å²) in [6.07, 6.45) is 7.28. The van der Waals surface area contributed by atoms with Crippen molar-refractivity contribution in [1.29, 1.82) is 0 Å². The van der Waals surface area contributed by atoms with E-state index in [-0.39, 0.29) is 54.9 Å². The van der Waals surface area contributed by atoms with Crippen molar-refractivity contribution in [2.24, 2.45) is 11.7 Å². The van der Waals surface area contributed by atoms with Crippen LogP contribution in [0.2, 0.25) is 0 Å². The molecule has 2 heterocycles. The summed E-state index contributed by atoms with van der Waals surface area (Å²) in [6.45, 7) is 4.90. The SMILES string of the molecule is CCCO[C@@H]1C[C@@H](C(=O)N2CCC(OCc3ccccn3)CC2)CC[C@H]1N.Cl.Cl. The molecule has 1 aliphatic carbocycles. The fraction of sp³-hybridized carbons (Fsp3) is 0.714. The number of piperidine rings is 1. The molecule has 0 spiro atoms. The van der Waals surface area contributed by atoms with Crippen LogP contribution >= 0.6 is 24.8 Å². The first kappa shape index (κ1) is 26.1. The highest BCUT2D eigenvalue weighted by Gasteiger charge is 2.35. The lowest BCUT2D eigenvalue weighted by molar-refractivity contribution is -0.141. The molecule has 29 heavy (non-hydrogen) atoms. The number of amides is 1. The van der Waals surface area contributed by atoms with Gasteiger partial charge in [-0.15, -0.1) is 24.8 Å². The van der Waals surface area contributed by atoms with E-state index >= 15 is 0 Å². The molecule has 0 bridgehead atoms. The summed E-state index contributed by atoms with van der Waals surface area (Å²) in [5.74, 6) is 0.327. The number of halogens is 2. The van der Waals surface area contributed by atoms with E-state index in [1.165, 1.54) is 0 Å². The van der Waals surface area contributed by atoms with E-state index in [4.69, 9.17) is 15.2 Å². The Morgan fingerprint density at radius 1 is 1.17 bits per heavy atom. The molecular formula is C21H35Cl2N3O3. The molecule has 1 saturated heterocycles. The second-order valence-corrected chi connectivity index (χ2v) is 7.74. The van der Waals surface area contributed by atoms with Crippen LogP contribution in [0.25, 0.3) is 0 Å². The average Bonchev–Trinajstić information content (AvgIpc) is 2.72. The number of nitrogens with zero attached hydrogens (tertiary/aromatic N) is 2. The minimum atomic E-state index is 0. The maximum Gasteiger partial charge on any atom is 0.225 e. The van der Waals surface area contributed by atoms with Gasteiger partial charge in [0.05, 0.1) is 24.5 Å². The highest BCUT2D eigenvalue weighted by molar-refractivity contribution is 5.85. The number of nitrogens with two attached hydrogens (primary N) is 1. The van der Waals surface area contributed by atoms with E-state index in [0.717, 1.165) is 63.9 Å². The molecule has 2 fully saturated rings. The number of aromatic nitrogens is 1. The van der Waals surface area contributed by atoms with Crippen LogP contribution in [-0.4, -0.2) is 53.7 Å². The zero-order chi connectivity index (χ0) is 19.1. The molecule has 8 heteroatoms. The quantitative estimate of drug-likeness (QED) is 0.692. The molecule has 2 N–H and O–H groups in total. The van der Waals surface area contributed by atoms with Gasteiger partial charge in [-0.2, -0.15) is 0 Å². The Kier molecular flexibility index (Phi) is 12.1. The van der Waals surface area contributed by atoms with E-state index in [2.05, 4.69) is 11.9 Å². The smallest absolute Gasteiger partial charge is 0.225 e. The van der Waals surface area contributed by atoms with Crippen molar-refractivity contribution in [3.05, 3.63) is 30.1 Å². The molecule has 3 rings (SSSR count). The standard InChI is InChI=1S/C21H33N3O3.2ClH/c1-2-13-26-20-14-16(6-7-19(20)22)21(25)24-11-8-18(9-12-24)27-15-17-5-3-4-10-23-17;;/h3-5,10,16,18-20H,2,6-9,11-15,22H2,1H3;2*1H/t16-,19+,20+;;/m0../s1. The second kappa shape index (κ2) is 13.4. The van der Waals surface area contributed by atoms with Crippen LogP contribution in [0, 0.1) is 5.92 Å². The lowest BCUT2D eigenvalue weighted by Gasteiger charge is -2.38. The molecule has 0 radical (unpaired) electrons. The lowest BCUT2D eigenvalue weighted by Crippen LogP contribution is -2.49. The number of carbonyl (C=O) groups excluding carboxylic acids is 1. The number of carbonyl (C=O) groups is 1. The van der Waals surface area contributed by atoms with Gasteiger partial charge in [-0.3, -0.25) is 9.78 Å². The Balaban J connectivity index is 0.00000210. The Bertz CT molecular complexity index is 586. The predicted molar refractivity (Wildman–Crippen MR) is 118 cm³/mol. The number of ether oxygens (including phenoxy) is 2. The zero-order valence-electron chi connectivity index (χ0n) is 17.2. The first-order valence-corrected chi connectivity index (χ1v) is 10.3. The van der Waals surface area contributed by atoms with Crippen molar-refractivity contribution in [3.8, 4) is 0 Å². The average molecular weight is 448 g/mol. The Morgan fingerprint density at radius 3 is 2.59 bits per heavy atom. The van der Waals surface area contributed by atoms with E-state index in [1.807, 2.05) is 23.1 Å². The lowest BCUT2D eigenvalue weighted by atomic mass is 9.83. The summed E-state index contributed by atoms with van der Waals surface area (Å²) in [4.78, 5) is 19.2. The summed E-state index contributed by atoms with van der Waals surface area (Å²) >= 11 is 0. The third-order valence-corrected chi connectivity index (χ3v) is 5.67. The highest BCUT2D eigenvalue weighted by atomic mass is 35.5. The number of pyridine rings is 1. The van der Waals surface area contributed by atoms with E-state index in [9.17, 15) is 4.79 Å². The van der Waals surface area contributed by atoms with Gasteiger partial charge in [0.2, 0.25) is 5.91 Å². The molecule has 1 aromatic heterocycles. The first-order chi connectivity index (χ1) is 13.2. The van der Waals surface area contributed by atoms with Gasteiger partial charge in [0.1, 0.15) is 0 Å². The maximum atomic E-state index is 12.9. The van der Waals surface area contributed by atoms with Gasteiger partial charge in [-0.1, -0.05) is 13.0 Å². The minimum Gasteiger partial charge on any atom is -0.377 e. The van der Waals surface area contributed by atoms with Crippen molar-refractivity contribution in [1.82, 2.24) is 9.88 Å². The summed E-state index contributed by atoms with van der Waals surface area (Å²) < 4.78 is 11.9. The molecule has 3 atom stereocenters. The normalized spacial score (nSPS) is 25.0. The van der Waals surface area contributed by atoms with Crippen LogP contribution in [0.5, 0.6) is 0 Å². The third-order valence-electron chi connectivity index (χ3n) is 5.67. The minimum absolute atomic E-state index is 0. The summed E-state index contributed by atoms with van der Waals surface area (Å²) in [5.41, 5.74) is 7.14. The zero-order valence-corrected chi connectivity index (χ0v) is 18.8. The molecule has 0 aromatic carbocycles. The van der Waals surface area contributed by atoms with Gasteiger partial charge in [0.15, 0.2) is 0 Å². The molecule has 1 amide bonds. The molecule has 2 aliphatic rings. The topological polar surface area (TPSA) is 77.7 Å². The van der Waals surface area contributed by atoms with Crippen molar-refractivity contribution in [3.63, 3.8) is 0 Å². The van der Waals surface area contributed by atoms with Gasteiger partial charge < -0.3 is 20.1 Å². The highest BCUT2D eigenvalue weighted by Crippen LogP contribution is 2.29. The molecule has 1 saturated carbocycles. The fourth-order valence-electron chi connectivity index (χ4n) is 4.03. The Morgan fingerprint density at radius 2 is 1.93 bits per heavy atom. The van der Waals surface area contributed by atoms with Crippen LogP contribution in [0.1, 0.15) is 51.1 Å². The van der Waals surface area contributed by atoms with Crippen molar-refractivity contribution >= 4 is 30.7 Å². The Labute approximate surface area is 186 Å². The van der Waals surface area contributed by atoms with Gasteiger partial charge in [0, 0.05) is 37.9 Å². The molecular weight excluding hydrogens is 413 g/mol. The molecule has 166 valence electrons. The molecule has 1 aliphatic heterocycles. The number of rotatable bonds is 7. The van der Waals surface area contributed by atoms with Crippen molar-refractivity contribution < 1.29 is 14.3 Å². The van der Waals surface area contributed by atoms with Crippen molar-refractivity contribution in [2.45, 2.75) is 70.3 Å². The molecule has 6 nitrogen and oxygen atoms in total. The Hall–Kier alpha value is -0.920.